The van der Waals surface area contributed by atoms with Crippen molar-refractivity contribution in [3.05, 3.63) is 35.1 Å². The molecule has 90 valence electrons. The summed E-state index contributed by atoms with van der Waals surface area (Å²) in [6.45, 7) is -0.132. The molecule has 0 fully saturated rings. The number of benzene rings is 1. The van der Waals surface area contributed by atoms with Gasteiger partial charge in [0.2, 0.25) is 0 Å². The van der Waals surface area contributed by atoms with Crippen molar-refractivity contribution in [3.63, 3.8) is 0 Å². The third-order valence-corrected chi connectivity index (χ3v) is 2.07. The molecule has 0 saturated carbocycles. The molecule has 0 bridgehead atoms. The first kappa shape index (κ1) is 12.9. The fourth-order valence-corrected chi connectivity index (χ4v) is 1.24. The van der Waals surface area contributed by atoms with Gasteiger partial charge in [-0.2, -0.15) is 0 Å². The number of nitrogens with two attached hydrogens (primary N) is 1. The molecule has 0 saturated heterocycles. The molecule has 0 spiro atoms. The van der Waals surface area contributed by atoms with Gasteiger partial charge in [0.05, 0.1) is 7.11 Å². The summed E-state index contributed by atoms with van der Waals surface area (Å²) in [5.41, 5.74) is 6.60. The van der Waals surface area contributed by atoms with E-state index in [2.05, 4.69) is 4.74 Å². The van der Waals surface area contributed by atoms with E-state index in [9.17, 15) is 9.18 Å². The van der Waals surface area contributed by atoms with Crippen molar-refractivity contribution in [2.75, 3.05) is 7.11 Å². The van der Waals surface area contributed by atoms with Crippen LogP contribution in [-0.2, 0) is 16.0 Å². The maximum Gasteiger partial charge on any atom is 0.322 e. The summed E-state index contributed by atoms with van der Waals surface area (Å²) in [7, 11) is 1.27. The molecule has 1 aromatic rings. The number of ether oxygens (including phenoxy) is 1. The molecule has 0 amide bonds. The highest BCUT2D eigenvalue weighted by Crippen LogP contribution is 2.10. The van der Waals surface area contributed by atoms with Gasteiger partial charge in [0.25, 0.3) is 0 Å². The number of rotatable bonds is 3. The molecule has 0 aliphatic carbocycles. The van der Waals surface area contributed by atoms with Crippen molar-refractivity contribution in [2.45, 2.75) is 19.4 Å². The maximum atomic E-state index is 13.1. The summed E-state index contributed by atoms with van der Waals surface area (Å²) in [6.07, 6.45) is 0.278. The molecule has 1 aromatic carbocycles. The first-order chi connectivity index (χ1) is 7.58. The predicted molar refractivity (Wildman–Crippen MR) is 62.1 cm³/mol. The van der Waals surface area contributed by atoms with E-state index in [1.165, 1.54) is 13.2 Å². The van der Waals surface area contributed by atoms with Crippen LogP contribution in [0.3, 0.4) is 0 Å². The first-order valence-electron chi connectivity index (χ1n) is 5.19. The summed E-state index contributed by atoms with van der Waals surface area (Å²) in [4.78, 5) is 11.1. The number of halogens is 2. The quantitative estimate of drug-likeness (QED) is 0.827. The Morgan fingerprint density at radius 3 is 2.94 bits per heavy atom. The van der Waals surface area contributed by atoms with Gasteiger partial charge in [-0.3, -0.25) is 4.79 Å². The zero-order valence-electron chi connectivity index (χ0n) is 9.90. The number of methoxy groups -OCH3 is 1. The highest BCUT2D eigenvalue weighted by molar-refractivity contribution is 5.85. The van der Waals surface area contributed by atoms with Gasteiger partial charge in [-0.15, -0.1) is 12.4 Å². The van der Waals surface area contributed by atoms with E-state index in [-0.39, 0.29) is 25.7 Å². The van der Waals surface area contributed by atoms with E-state index < -0.39 is 17.8 Å². The molecule has 0 unspecified atom stereocenters. The lowest BCUT2D eigenvalue weighted by atomic mass is 10.0. The Morgan fingerprint density at radius 1 is 1.69 bits per heavy atom. The fourth-order valence-electron chi connectivity index (χ4n) is 1.24. The lowest BCUT2D eigenvalue weighted by molar-refractivity contribution is -0.142. The van der Waals surface area contributed by atoms with Crippen molar-refractivity contribution in [1.29, 1.82) is 0 Å². The third kappa shape index (κ3) is 3.79. The van der Waals surface area contributed by atoms with Crippen LogP contribution < -0.4 is 5.73 Å². The molecule has 1 atom stereocenters. The second kappa shape index (κ2) is 6.45. The van der Waals surface area contributed by atoms with E-state index >= 15 is 0 Å². The molecular formula is C11H15ClFNO2. The molecule has 0 aliphatic rings. The van der Waals surface area contributed by atoms with Crippen molar-refractivity contribution < 1.29 is 15.3 Å². The van der Waals surface area contributed by atoms with Crippen LogP contribution in [0.1, 0.15) is 12.5 Å². The van der Waals surface area contributed by atoms with Gasteiger partial charge >= 0.3 is 5.97 Å². The SMILES string of the molecule is Cl.[2H]Cc1cc(C[C@H](N)C(=O)OC)ccc1F. The topological polar surface area (TPSA) is 52.3 Å². The molecule has 1 rings (SSSR count). The van der Waals surface area contributed by atoms with Crippen molar-refractivity contribution in [2.24, 2.45) is 5.73 Å². The Bertz CT molecular complexity index is 390. The largest absolute Gasteiger partial charge is 0.468 e. The molecular weight excluding hydrogens is 233 g/mol. The van der Waals surface area contributed by atoms with E-state index in [4.69, 9.17) is 7.10 Å². The van der Waals surface area contributed by atoms with Gasteiger partial charge in [0.15, 0.2) is 0 Å². The van der Waals surface area contributed by atoms with Crippen LogP contribution in [0, 0.1) is 12.7 Å². The van der Waals surface area contributed by atoms with E-state index in [0.29, 0.717) is 5.56 Å². The summed E-state index contributed by atoms with van der Waals surface area (Å²) in [6, 6.07) is 3.63. The van der Waals surface area contributed by atoms with Crippen LogP contribution in [-0.4, -0.2) is 19.1 Å². The second-order valence-corrected chi connectivity index (χ2v) is 3.26. The van der Waals surface area contributed by atoms with Crippen LogP contribution >= 0.6 is 12.4 Å². The van der Waals surface area contributed by atoms with Gasteiger partial charge in [0, 0.05) is 1.37 Å². The maximum absolute atomic E-state index is 13.1. The number of esters is 1. The molecule has 0 heterocycles. The first-order valence-corrected chi connectivity index (χ1v) is 4.48. The zero-order valence-corrected chi connectivity index (χ0v) is 9.72. The fraction of sp³-hybridized carbons (Fsp3) is 0.364. The smallest absolute Gasteiger partial charge is 0.322 e. The van der Waals surface area contributed by atoms with E-state index in [1.54, 1.807) is 12.1 Å². The van der Waals surface area contributed by atoms with Crippen LogP contribution in [0.25, 0.3) is 0 Å². The Balaban J connectivity index is 0.00000256. The highest BCUT2D eigenvalue weighted by atomic mass is 35.5. The molecule has 0 aliphatic heterocycles. The Labute approximate surface area is 102 Å². The summed E-state index contributed by atoms with van der Waals surface area (Å²) < 4.78 is 24.7. The Morgan fingerprint density at radius 2 is 2.38 bits per heavy atom. The standard InChI is InChI=1S/C11H14FNO2.ClH/c1-7-5-8(3-4-9(7)12)6-10(13)11(14)15-2;/h3-5,10H,6,13H2,1-2H3;1H/t10-;/m0./s1/i1D;. The highest BCUT2D eigenvalue weighted by Gasteiger charge is 2.14. The van der Waals surface area contributed by atoms with Crippen LogP contribution in [0.5, 0.6) is 0 Å². The molecule has 16 heavy (non-hydrogen) atoms. The minimum atomic E-state index is -0.756. The average molecular weight is 249 g/mol. The molecule has 0 radical (unpaired) electrons. The zero-order chi connectivity index (χ0) is 12.1. The van der Waals surface area contributed by atoms with Crippen molar-refractivity contribution in [3.8, 4) is 0 Å². The van der Waals surface area contributed by atoms with E-state index in [1.807, 2.05) is 0 Å². The van der Waals surface area contributed by atoms with Crippen LogP contribution in [0.15, 0.2) is 18.2 Å². The number of carbonyl (C=O) groups is 1. The van der Waals surface area contributed by atoms with Gasteiger partial charge < -0.3 is 10.5 Å². The van der Waals surface area contributed by atoms with E-state index in [0.717, 1.165) is 5.56 Å². The summed E-state index contributed by atoms with van der Waals surface area (Å²) >= 11 is 0. The third-order valence-electron chi connectivity index (χ3n) is 2.07. The van der Waals surface area contributed by atoms with Crippen molar-refractivity contribution >= 4 is 18.4 Å². The Hall–Kier alpha value is -1.13. The van der Waals surface area contributed by atoms with Crippen LogP contribution in [0.2, 0.25) is 0 Å². The van der Waals surface area contributed by atoms with Gasteiger partial charge in [0.1, 0.15) is 11.9 Å². The van der Waals surface area contributed by atoms with Gasteiger partial charge in [-0.1, -0.05) is 12.1 Å². The predicted octanol–water partition coefficient (Wildman–Crippen LogP) is 1.60. The van der Waals surface area contributed by atoms with Gasteiger partial charge in [-0.05, 0) is 30.5 Å². The van der Waals surface area contributed by atoms with Crippen LogP contribution in [0.4, 0.5) is 4.39 Å². The average Bonchev–Trinajstić information content (AvgIpc) is 2.30. The minimum absolute atomic E-state index is 0. The number of hydrogen-bond acceptors (Lipinski definition) is 3. The molecule has 2 N–H and O–H groups in total. The lowest BCUT2D eigenvalue weighted by Gasteiger charge is -2.09. The number of carbonyl (C=O) groups excluding carboxylic acids is 1. The van der Waals surface area contributed by atoms with Gasteiger partial charge in [-0.25, -0.2) is 4.39 Å². The monoisotopic (exact) mass is 248 g/mol. The Kier molecular flexibility index (Phi) is 5.22. The van der Waals surface area contributed by atoms with Crippen molar-refractivity contribution in [1.82, 2.24) is 0 Å². The number of hydrogen-bond donors (Lipinski definition) is 1. The number of aryl methyl sites for hydroxylation is 1. The summed E-state index contributed by atoms with van der Waals surface area (Å²) in [5.74, 6) is -0.915. The minimum Gasteiger partial charge on any atom is -0.468 e. The molecule has 0 aromatic heterocycles. The normalized spacial score (nSPS) is 12.3. The second-order valence-electron chi connectivity index (χ2n) is 3.26. The molecule has 3 nitrogen and oxygen atoms in total. The molecule has 5 heteroatoms. The lowest BCUT2D eigenvalue weighted by Crippen LogP contribution is -2.33. The summed E-state index contributed by atoms with van der Waals surface area (Å²) in [5, 5.41) is 0.